The third-order valence-corrected chi connectivity index (χ3v) is 6.99. The summed E-state index contributed by atoms with van der Waals surface area (Å²) < 4.78 is 12.3. The number of hydrogen-bond acceptors (Lipinski definition) is 5. The van der Waals surface area contributed by atoms with Gasteiger partial charge in [0.2, 0.25) is 5.91 Å². The summed E-state index contributed by atoms with van der Waals surface area (Å²) in [6, 6.07) is 26.5. The Morgan fingerprint density at radius 1 is 0.974 bits per heavy atom. The van der Waals surface area contributed by atoms with E-state index in [9.17, 15) is 9.59 Å². The molecule has 0 radical (unpaired) electrons. The number of ether oxygens (including phenoxy) is 2. The van der Waals surface area contributed by atoms with Gasteiger partial charge in [0.1, 0.15) is 22.7 Å². The molecule has 0 saturated heterocycles. The van der Waals surface area contributed by atoms with Gasteiger partial charge in [-0.25, -0.2) is 0 Å². The Bertz CT molecular complexity index is 1450. The van der Waals surface area contributed by atoms with Gasteiger partial charge in [0.05, 0.1) is 26.5 Å². The molecular formula is C30H30N4O4. The number of nitrogens with zero attached hydrogens (tertiary/aromatic N) is 3. The molecule has 2 heterocycles. The van der Waals surface area contributed by atoms with E-state index < -0.39 is 5.54 Å². The van der Waals surface area contributed by atoms with Crippen molar-refractivity contribution in [3.8, 4) is 22.8 Å². The summed E-state index contributed by atoms with van der Waals surface area (Å²) in [5, 5.41) is 7.75. The summed E-state index contributed by atoms with van der Waals surface area (Å²) in [6.45, 7) is 2.58. The maximum atomic E-state index is 13.9. The smallest absolute Gasteiger partial charge is 0.273 e. The molecule has 0 spiro atoms. The van der Waals surface area contributed by atoms with E-state index in [0.717, 1.165) is 22.4 Å². The van der Waals surface area contributed by atoms with Crippen molar-refractivity contribution in [2.75, 3.05) is 14.2 Å². The van der Waals surface area contributed by atoms with Crippen LogP contribution in [0.15, 0.2) is 84.9 Å². The summed E-state index contributed by atoms with van der Waals surface area (Å²) in [6.07, 6.45) is 0. The summed E-state index contributed by atoms with van der Waals surface area (Å²) >= 11 is 0. The first-order valence-corrected chi connectivity index (χ1v) is 12.4. The Hall–Kier alpha value is -4.59. The number of aromatic nitrogens is 2. The second-order valence-corrected chi connectivity index (χ2v) is 9.45. The summed E-state index contributed by atoms with van der Waals surface area (Å²) in [5.74, 6) is 0.918. The second-order valence-electron chi connectivity index (χ2n) is 9.45. The molecule has 0 saturated carbocycles. The Kier molecular flexibility index (Phi) is 6.87. The highest BCUT2D eigenvalue weighted by Gasteiger charge is 2.48. The molecular weight excluding hydrogens is 480 g/mol. The standard InChI is InChI=1S/C30H30N4O4/c1-30(29(36)31-18-23-11-7-8-12-27(23)38-3)20-34-26(28(35)33(30)19-21-9-5-4-6-10-21)17-25(32-34)22-13-15-24(37-2)16-14-22/h4-17H,18-20H2,1-3H3,(H,31,36)/t30-/m0/s1. The van der Waals surface area contributed by atoms with Gasteiger partial charge in [-0.2, -0.15) is 5.10 Å². The first-order chi connectivity index (χ1) is 18.4. The first kappa shape index (κ1) is 25.1. The molecule has 1 aliphatic rings. The monoisotopic (exact) mass is 510 g/mol. The molecule has 3 aromatic carbocycles. The Morgan fingerprint density at radius 3 is 2.39 bits per heavy atom. The molecule has 8 heteroatoms. The van der Waals surface area contributed by atoms with E-state index in [1.54, 1.807) is 36.8 Å². The molecule has 194 valence electrons. The maximum absolute atomic E-state index is 13.9. The molecule has 0 bridgehead atoms. The average Bonchev–Trinajstić information content (AvgIpc) is 3.38. The highest BCUT2D eigenvalue weighted by molar-refractivity contribution is 6.00. The predicted molar refractivity (Wildman–Crippen MR) is 144 cm³/mol. The van der Waals surface area contributed by atoms with Gasteiger partial charge in [0.15, 0.2) is 0 Å². The molecule has 38 heavy (non-hydrogen) atoms. The fourth-order valence-corrected chi connectivity index (χ4v) is 4.77. The highest BCUT2D eigenvalue weighted by atomic mass is 16.5. The fraction of sp³-hybridized carbons (Fsp3) is 0.233. The molecule has 8 nitrogen and oxygen atoms in total. The zero-order chi connectivity index (χ0) is 26.7. The van der Waals surface area contributed by atoms with Crippen molar-refractivity contribution in [1.82, 2.24) is 20.0 Å². The van der Waals surface area contributed by atoms with Crippen LogP contribution in [0, 0.1) is 0 Å². The van der Waals surface area contributed by atoms with Crippen LogP contribution in [0.5, 0.6) is 11.5 Å². The number of para-hydroxylation sites is 1. The molecule has 1 aliphatic heterocycles. The second kappa shape index (κ2) is 10.4. The van der Waals surface area contributed by atoms with Crippen molar-refractivity contribution in [3.05, 3.63) is 102 Å². The van der Waals surface area contributed by atoms with Crippen molar-refractivity contribution in [3.63, 3.8) is 0 Å². The third kappa shape index (κ3) is 4.72. The number of methoxy groups -OCH3 is 2. The summed E-state index contributed by atoms with van der Waals surface area (Å²) in [5.41, 5.74) is 2.58. The molecule has 0 aliphatic carbocycles. The van der Waals surface area contributed by atoms with Gasteiger partial charge in [-0.15, -0.1) is 0 Å². The average molecular weight is 511 g/mol. The van der Waals surface area contributed by atoms with Crippen molar-refractivity contribution in [1.29, 1.82) is 0 Å². The Labute approximate surface area is 221 Å². The van der Waals surface area contributed by atoms with Gasteiger partial charge >= 0.3 is 0 Å². The van der Waals surface area contributed by atoms with Gasteiger partial charge in [0.25, 0.3) is 5.91 Å². The van der Waals surface area contributed by atoms with Crippen LogP contribution in [0.1, 0.15) is 28.5 Å². The van der Waals surface area contributed by atoms with Crippen LogP contribution in [0.2, 0.25) is 0 Å². The molecule has 0 fully saturated rings. The van der Waals surface area contributed by atoms with Gasteiger partial charge in [-0.05, 0) is 48.9 Å². The summed E-state index contributed by atoms with van der Waals surface area (Å²) in [7, 11) is 3.22. The fourth-order valence-electron chi connectivity index (χ4n) is 4.77. The number of hydrogen-bond donors (Lipinski definition) is 1. The topological polar surface area (TPSA) is 85.7 Å². The van der Waals surface area contributed by atoms with E-state index in [4.69, 9.17) is 14.6 Å². The maximum Gasteiger partial charge on any atom is 0.273 e. The minimum atomic E-state index is -1.18. The van der Waals surface area contributed by atoms with Crippen LogP contribution < -0.4 is 14.8 Å². The zero-order valence-electron chi connectivity index (χ0n) is 21.7. The number of nitrogens with one attached hydrogen (secondary N) is 1. The number of amides is 2. The molecule has 1 atom stereocenters. The van der Waals surface area contributed by atoms with E-state index in [2.05, 4.69) is 5.32 Å². The van der Waals surface area contributed by atoms with Crippen LogP contribution in [0.3, 0.4) is 0 Å². The number of fused-ring (bicyclic) bond motifs is 1. The van der Waals surface area contributed by atoms with E-state index in [0.29, 0.717) is 23.7 Å². The molecule has 4 aromatic rings. The van der Waals surface area contributed by atoms with E-state index >= 15 is 0 Å². The van der Waals surface area contributed by atoms with Crippen LogP contribution in [-0.4, -0.2) is 46.3 Å². The molecule has 5 rings (SSSR count). The van der Waals surface area contributed by atoms with Crippen LogP contribution in [-0.2, 0) is 24.4 Å². The lowest BCUT2D eigenvalue weighted by atomic mass is 9.94. The minimum absolute atomic E-state index is 0.217. The van der Waals surface area contributed by atoms with Crippen molar-refractivity contribution in [2.24, 2.45) is 0 Å². The van der Waals surface area contributed by atoms with E-state index in [1.807, 2.05) is 78.9 Å². The van der Waals surface area contributed by atoms with Gasteiger partial charge < -0.3 is 19.7 Å². The number of rotatable bonds is 8. The zero-order valence-corrected chi connectivity index (χ0v) is 21.7. The minimum Gasteiger partial charge on any atom is -0.497 e. The summed E-state index contributed by atoms with van der Waals surface area (Å²) in [4.78, 5) is 29.3. The predicted octanol–water partition coefficient (Wildman–Crippen LogP) is 4.30. The lowest BCUT2D eigenvalue weighted by Gasteiger charge is -2.43. The lowest BCUT2D eigenvalue weighted by molar-refractivity contribution is -0.133. The largest absolute Gasteiger partial charge is 0.497 e. The quantitative estimate of drug-likeness (QED) is 0.382. The van der Waals surface area contributed by atoms with Gasteiger partial charge in [-0.1, -0.05) is 48.5 Å². The van der Waals surface area contributed by atoms with Crippen molar-refractivity contribution >= 4 is 11.8 Å². The molecule has 0 unspecified atom stereocenters. The molecule has 1 aromatic heterocycles. The first-order valence-electron chi connectivity index (χ1n) is 12.4. The Morgan fingerprint density at radius 2 is 1.68 bits per heavy atom. The van der Waals surface area contributed by atoms with Gasteiger partial charge in [-0.3, -0.25) is 14.3 Å². The number of carbonyl (C=O) groups excluding carboxylic acids is 2. The third-order valence-electron chi connectivity index (χ3n) is 6.99. The SMILES string of the molecule is COc1ccc(-c2cc3n(n2)C[C@@](C)(C(=O)NCc2ccccc2OC)N(Cc2ccccc2)C3=O)cc1. The molecule has 2 amide bonds. The lowest BCUT2D eigenvalue weighted by Crippen LogP contribution is -2.63. The molecule has 1 N–H and O–H groups in total. The number of carbonyl (C=O) groups is 2. The van der Waals surface area contributed by atoms with Crippen LogP contribution >= 0.6 is 0 Å². The van der Waals surface area contributed by atoms with Crippen molar-refractivity contribution in [2.45, 2.75) is 32.1 Å². The highest BCUT2D eigenvalue weighted by Crippen LogP contribution is 2.32. The Balaban J connectivity index is 1.48. The van der Waals surface area contributed by atoms with Crippen LogP contribution in [0.25, 0.3) is 11.3 Å². The van der Waals surface area contributed by atoms with Crippen LogP contribution in [0.4, 0.5) is 0 Å². The normalized spacial score (nSPS) is 16.6. The van der Waals surface area contributed by atoms with E-state index in [1.165, 1.54) is 0 Å². The van der Waals surface area contributed by atoms with Crippen molar-refractivity contribution < 1.29 is 19.1 Å². The van der Waals surface area contributed by atoms with E-state index in [-0.39, 0.29) is 24.9 Å². The van der Waals surface area contributed by atoms with Gasteiger partial charge in [0, 0.05) is 24.2 Å². The number of benzene rings is 3.